The third-order valence-electron chi connectivity index (χ3n) is 2.37. The van der Waals surface area contributed by atoms with E-state index in [1.54, 1.807) is 26.1 Å². The second kappa shape index (κ2) is 5.17. The zero-order valence-electron chi connectivity index (χ0n) is 9.66. The Morgan fingerprint density at radius 1 is 1.50 bits per heavy atom. The molecule has 1 amide bonds. The van der Waals surface area contributed by atoms with Crippen molar-refractivity contribution in [3.63, 3.8) is 0 Å². The normalized spacial score (nSPS) is 11.4. The number of hydrogen-bond acceptors (Lipinski definition) is 3. The molecule has 0 aliphatic heterocycles. The summed E-state index contributed by atoms with van der Waals surface area (Å²) in [7, 11) is 1.60. The molecular formula is C12H15N3O. The molecule has 0 radical (unpaired) electrons. The van der Waals surface area contributed by atoms with Gasteiger partial charge in [0.25, 0.3) is 0 Å². The van der Waals surface area contributed by atoms with Gasteiger partial charge in [-0.15, -0.1) is 0 Å². The number of nitrogens with one attached hydrogen (secondary N) is 2. The summed E-state index contributed by atoms with van der Waals surface area (Å²) >= 11 is 0. The predicted molar refractivity (Wildman–Crippen MR) is 63.0 cm³/mol. The van der Waals surface area contributed by atoms with E-state index in [0.717, 1.165) is 11.3 Å². The van der Waals surface area contributed by atoms with Crippen LogP contribution in [0.1, 0.15) is 18.1 Å². The van der Waals surface area contributed by atoms with Gasteiger partial charge in [0.05, 0.1) is 11.6 Å². The Balaban J connectivity index is 2.80. The van der Waals surface area contributed by atoms with Crippen LogP contribution >= 0.6 is 0 Å². The van der Waals surface area contributed by atoms with Gasteiger partial charge in [0.15, 0.2) is 0 Å². The first-order valence-corrected chi connectivity index (χ1v) is 5.07. The average molecular weight is 217 g/mol. The summed E-state index contributed by atoms with van der Waals surface area (Å²) in [6.45, 7) is 3.65. The maximum Gasteiger partial charge on any atom is 0.241 e. The van der Waals surface area contributed by atoms with Crippen molar-refractivity contribution in [3.8, 4) is 6.07 Å². The van der Waals surface area contributed by atoms with Crippen molar-refractivity contribution < 1.29 is 4.79 Å². The van der Waals surface area contributed by atoms with Crippen LogP contribution in [0.4, 0.5) is 5.69 Å². The van der Waals surface area contributed by atoms with E-state index in [1.807, 2.05) is 13.0 Å². The number of aryl methyl sites for hydroxylation is 1. The molecule has 16 heavy (non-hydrogen) atoms. The minimum atomic E-state index is -0.294. The molecule has 0 aliphatic carbocycles. The van der Waals surface area contributed by atoms with E-state index in [4.69, 9.17) is 5.26 Å². The minimum absolute atomic E-state index is 0.0676. The SMILES string of the molecule is CNC(=O)C(C)Nc1ccc(C#N)c(C)c1. The summed E-state index contributed by atoms with van der Waals surface area (Å²) in [5, 5.41) is 14.4. The van der Waals surface area contributed by atoms with Crippen LogP contribution in [-0.4, -0.2) is 19.0 Å². The van der Waals surface area contributed by atoms with Gasteiger partial charge in [-0.1, -0.05) is 0 Å². The fraction of sp³-hybridized carbons (Fsp3) is 0.333. The highest BCUT2D eigenvalue weighted by Crippen LogP contribution is 2.15. The van der Waals surface area contributed by atoms with Crippen LogP contribution in [0.5, 0.6) is 0 Å². The topological polar surface area (TPSA) is 64.9 Å². The number of carbonyl (C=O) groups excluding carboxylic acids is 1. The van der Waals surface area contributed by atoms with Crippen LogP contribution in [-0.2, 0) is 4.79 Å². The molecule has 84 valence electrons. The highest BCUT2D eigenvalue weighted by atomic mass is 16.2. The Labute approximate surface area is 95.3 Å². The summed E-state index contributed by atoms with van der Waals surface area (Å²) in [5.41, 5.74) is 2.39. The van der Waals surface area contributed by atoms with Crippen molar-refractivity contribution in [2.24, 2.45) is 0 Å². The fourth-order valence-electron chi connectivity index (χ4n) is 1.41. The van der Waals surface area contributed by atoms with E-state index in [-0.39, 0.29) is 11.9 Å². The van der Waals surface area contributed by atoms with Crippen molar-refractivity contribution in [3.05, 3.63) is 29.3 Å². The van der Waals surface area contributed by atoms with E-state index < -0.39 is 0 Å². The Morgan fingerprint density at radius 3 is 2.69 bits per heavy atom. The molecule has 0 bridgehead atoms. The molecule has 1 aromatic carbocycles. The summed E-state index contributed by atoms with van der Waals surface area (Å²) in [4.78, 5) is 11.3. The number of carbonyl (C=O) groups is 1. The zero-order valence-corrected chi connectivity index (χ0v) is 9.66. The molecule has 0 aliphatic rings. The van der Waals surface area contributed by atoms with Crippen LogP contribution in [0.2, 0.25) is 0 Å². The van der Waals surface area contributed by atoms with E-state index in [1.165, 1.54) is 0 Å². The van der Waals surface area contributed by atoms with E-state index in [0.29, 0.717) is 5.56 Å². The van der Waals surface area contributed by atoms with Gasteiger partial charge in [-0.2, -0.15) is 5.26 Å². The number of nitrogens with zero attached hydrogens (tertiary/aromatic N) is 1. The molecule has 4 nitrogen and oxygen atoms in total. The van der Waals surface area contributed by atoms with Crippen molar-refractivity contribution >= 4 is 11.6 Å². The molecule has 0 heterocycles. The lowest BCUT2D eigenvalue weighted by Crippen LogP contribution is -2.35. The third kappa shape index (κ3) is 2.74. The number of hydrogen-bond donors (Lipinski definition) is 2. The first-order valence-electron chi connectivity index (χ1n) is 5.07. The molecule has 4 heteroatoms. The van der Waals surface area contributed by atoms with Crippen LogP contribution in [0.15, 0.2) is 18.2 Å². The molecule has 0 saturated carbocycles. The molecule has 1 unspecified atom stereocenters. The number of rotatable bonds is 3. The van der Waals surface area contributed by atoms with E-state index >= 15 is 0 Å². The largest absolute Gasteiger partial charge is 0.374 e. The highest BCUT2D eigenvalue weighted by molar-refractivity contribution is 5.83. The van der Waals surface area contributed by atoms with E-state index in [9.17, 15) is 4.79 Å². The molecule has 0 spiro atoms. The Bertz CT molecular complexity index is 434. The standard InChI is InChI=1S/C12H15N3O/c1-8-6-11(5-4-10(8)7-13)15-9(2)12(16)14-3/h4-6,9,15H,1-3H3,(H,14,16). The van der Waals surface area contributed by atoms with Crippen LogP contribution in [0, 0.1) is 18.3 Å². The maximum absolute atomic E-state index is 11.3. The van der Waals surface area contributed by atoms with Crippen molar-refractivity contribution in [1.82, 2.24) is 5.32 Å². The maximum atomic E-state index is 11.3. The summed E-state index contributed by atoms with van der Waals surface area (Å²) < 4.78 is 0. The Kier molecular flexibility index (Phi) is 3.90. The minimum Gasteiger partial charge on any atom is -0.374 e. The van der Waals surface area contributed by atoms with Gasteiger partial charge in [0.2, 0.25) is 5.91 Å². The first-order chi connectivity index (χ1) is 7.58. The Morgan fingerprint density at radius 2 is 2.19 bits per heavy atom. The summed E-state index contributed by atoms with van der Waals surface area (Å²) in [5.74, 6) is -0.0676. The van der Waals surface area contributed by atoms with Crippen LogP contribution in [0.25, 0.3) is 0 Å². The van der Waals surface area contributed by atoms with Gasteiger partial charge >= 0.3 is 0 Å². The fourth-order valence-corrected chi connectivity index (χ4v) is 1.41. The lowest BCUT2D eigenvalue weighted by molar-refractivity contribution is -0.121. The molecule has 2 N–H and O–H groups in total. The number of nitriles is 1. The van der Waals surface area contributed by atoms with E-state index in [2.05, 4.69) is 16.7 Å². The van der Waals surface area contributed by atoms with Gasteiger partial charge in [-0.05, 0) is 37.6 Å². The molecular weight excluding hydrogens is 202 g/mol. The molecule has 0 fully saturated rings. The lowest BCUT2D eigenvalue weighted by atomic mass is 10.1. The number of amides is 1. The van der Waals surface area contributed by atoms with Crippen LogP contribution in [0.3, 0.4) is 0 Å². The van der Waals surface area contributed by atoms with Crippen LogP contribution < -0.4 is 10.6 Å². The Hall–Kier alpha value is -2.02. The van der Waals surface area contributed by atoms with Gasteiger partial charge in [0.1, 0.15) is 6.04 Å². The third-order valence-corrected chi connectivity index (χ3v) is 2.37. The zero-order chi connectivity index (χ0) is 12.1. The summed E-state index contributed by atoms with van der Waals surface area (Å²) in [6, 6.07) is 7.21. The van der Waals surface area contributed by atoms with Gasteiger partial charge in [-0.25, -0.2) is 0 Å². The first kappa shape index (κ1) is 12.1. The van der Waals surface area contributed by atoms with Gasteiger partial charge in [-0.3, -0.25) is 4.79 Å². The quantitative estimate of drug-likeness (QED) is 0.804. The number of anilines is 1. The molecule has 0 saturated heterocycles. The molecule has 1 atom stereocenters. The average Bonchev–Trinajstić information content (AvgIpc) is 2.28. The van der Waals surface area contributed by atoms with Gasteiger partial charge in [0, 0.05) is 12.7 Å². The smallest absolute Gasteiger partial charge is 0.241 e. The predicted octanol–water partition coefficient (Wildman–Crippen LogP) is 1.41. The molecule has 0 aromatic heterocycles. The second-order valence-corrected chi connectivity index (χ2v) is 3.62. The lowest BCUT2D eigenvalue weighted by Gasteiger charge is -2.14. The monoisotopic (exact) mass is 217 g/mol. The molecule has 1 rings (SSSR count). The highest BCUT2D eigenvalue weighted by Gasteiger charge is 2.10. The second-order valence-electron chi connectivity index (χ2n) is 3.62. The van der Waals surface area contributed by atoms with Gasteiger partial charge < -0.3 is 10.6 Å². The van der Waals surface area contributed by atoms with Crippen molar-refractivity contribution in [1.29, 1.82) is 5.26 Å². The number of benzene rings is 1. The summed E-state index contributed by atoms with van der Waals surface area (Å²) in [6.07, 6.45) is 0. The van der Waals surface area contributed by atoms with Crippen molar-refractivity contribution in [2.45, 2.75) is 19.9 Å². The number of likely N-dealkylation sites (N-methyl/N-ethyl adjacent to an activating group) is 1. The molecule has 1 aromatic rings. The van der Waals surface area contributed by atoms with Crippen molar-refractivity contribution in [2.75, 3.05) is 12.4 Å².